The second kappa shape index (κ2) is 35.5. The SMILES string of the molecule is CSCC[C@H](NC(=O)[C@H](CO)NC(=O)[C@H](CC(C)C)NC(=O)CNC(=O)[C@@H](N)CCCCN)C(=O)N[C@@H](C)C(=O)N[C@@H](CCCCN)C(=O)N[C@@H](CCC(=O)O)C(=O)NCC(=O)N[C@H](C(=O)O)C(C)C. The lowest BCUT2D eigenvalue weighted by Crippen LogP contribution is -2.60. The van der Waals surface area contributed by atoms with E-state index in [1.54, 1.807) is 34.0 Å². The van der Waals surface area contributed by atoms with Gasteiger partial charge < -0.3 is 80.4 Å². The number of carbonyl (C=O) groups excluding carboxylic acids is 9. The molecule has 26 nitrogen and oxygen atoms in total. The van der Waals surface area contributed by atoms with Crippen LogP contribution in [-0.2, 0) is 52.7 Å². The van der Waals surface area contributed by atoms with E-state index in [4.69, 9.17) is 17.2 Å². The van der Waals surface area contributed by atoms with Crippen molar-refractivity contribution in [2.45, 2.75) is 147 Å². The molecular formula is C43H78N12O14S. The Hall–Kier alpha value is -5.64. The van der Waals surface area contributed by atoms with E-state index in [-0.39, 0.29) is 31.7 Å². The first kappa shape index (κ1) is 64.4. The molecular weight excluding hydrogens is 941 g/mol. The number of nitrogens with one attached hydrogen (secondary N) is 9. The minimum absolute atomic E-state index is 0.0134. The van der Waals surface area contributed by atoms with Crippen LogP contribution >= 0.6 is 11.8 Å². The van der Waals surface area contributed by atoms with Crippen molar-refractivity contribution in [3.05, 3.63) is 0 Å². The fourth-order valence-electron chi connectivity index (χ4n) is 6.41. The second-order valence-corrected chi connectivity index (χ2v) is 18.3. The van der Waals surface area contributed by atoms with Crippen LogP contribution in [0.15, 0.2) is 0 Å². The highest BCUT2D eigenvalue weighted by Crippen LogP contribution is 2.09. The van der Waals surface area contributed by atoms with Gasteiger partial charge in [-0.3, -0.25) is 47.9 Å². The van der Waals surface area contributed by atoms with E-state index in [9.17, 15) is 68.1 Å². The van der Waals surface area contributed by atoms with E-state index >= 15 is 0 Å². The highest BCUT2D eigenvalue weighted by Gasteiger charge is 2.33. The molecule has 8 atom stereocenters. The molecule has 0 saturated heterocycles. The van der Waals surface area contributed by atoms with Gasteiger partial charge in [-0.1, -0.05) is 34.1 Å². The predicted octanol–water partition coefficient (Wildman–Crippen LogP) is -4.39. The van der Waals surface area contributed by atoms with Crippen LogP contribution in [0.3, 0.4) is 0 Å². The highest BCUT2D eigenvalue weighted by atomic mass is 32.2. The van der Waals surface area contributed by atoms with Gasteiger partial charge >= 0.3 is 11.9 Å². The zero-order valence-corrected chi connectivity index (χ0v) is 41.9. The largest absolute Gasteiger partial charge is 0.481 e. The Labute approximate surface area is 412 Å². The topological polar surface area (TPSA) is 435 Å². The van der Waals surface area contributed by atoms with Gasteiger partial charge in [0.15, 0.2) is 0 Å². The third-order valence-electron chi connectivity index (χ3n) is 10.4. The molecule has 0 aliphatic rings. The van der Waals surface area contributed by atoms with Crippen LogP contribution in [0, 0.1) is 11.8 Å². The summed E-state index contributed by atoms with van der Waals surface area (Å²) in [6.07, 6.45) is 3.22. The molecule has 0 fully saturated rings. The molecule has 0 rings (SSSR count). The summed E-state index contributed by atoms with van der Waals surface area (Å²) >= 11 is 1.33. The average molecular weight is 1020 g/mol. The molecule has 0 spiro atoms. The van der Waals surface area contributed by atoms with Crippen LogP contribution in [0.4, 0.5) is 0 Å². The van der Waals surface area contributed by atoms with E-state index in [0.29, 0.717) is 44.4 Å². The number of rotatable bonds is 37. The van der Waals surface area contributed by atoms with Crippen molar-refractivity contribution in [3.8, 4) is 0 Å². The Balaban J connectivity index is 5.98. The fraction of sp³-hybridized carbons (Fsp3) is 0.744. The van der Waals surface area contributed by atoms with Crippen molar-refractivity contribution in [1.82, 2.24) is 47.9 Å². The van der Waals surface area contributed by atoms with Gasteiger partial charge in [0.2, 0.25) is 53.2 Å². The van der Waals surface area contributed by atoms with Gasteiger partial charge in [0.1, 0.15) is 42.3 Å². The number of thioether (sulfide) groups is 1. The van der Waals surface area contributed by atoms with Crippen LogP contribution in [0.2, 0.25) is 0 Å². The molecule has 0 aliphatic carbocycles. The molecule has 0 radical (unpaired) electrons. The zero-order chi connectivity index (χ0) is 53.5. The predicted molar refractivity (Wildman–Crippen MR) is 258 cm³/mol. The molecule has 0 unspecified atom stereocenters. The van der Waals surface area contributed by atoms with Crippen molar-refractivity contribution in [3.63, 3.8) is 0 Å². The third kappa shape index (κ3) is 26.9. The van der Waals surface area contributed by atoms with Gasteiger partial charge in [0, 0.05) is 6.42 Å². The minimum atomic E-state index is -1.60. The first-order valence-electron chi connectivity index (χ1n) is 23.3. The number of aliphatic hydroxyl groups is 1. The van der Waals surface area contributed by atoms with E-state index in [0.717, 1.165) is 0 Å². The number of amides is 9. The van der Waals surface area contributed by atoms with Crippen LogP contribution in [-0.4, -0.2) is 174 Å². The fourth-order valence-corrected chi connectivity index (χ4v) is 6.88. The van der Waals surface area contributed by atoms with Crippen LogP contribution in [0.1, 0.15) is 98.8 Å². The molecule has 9 amide bonds. The van der Waals surface area contributed by atoms with Gasteiger partial charge in [-0.25, -0.2) is 4.79 Å². The number of unbranched alkanes of at least 4 members (excludes halogenated alkanes) is 2. The second-order valence-electron chi connectivity index (χ2n) is 17.4. The van der Waals surface area contributed by atoms with Gasteiger partial charge in [0.05, 0.1) is 25.7 Å². The summed E-state index contributed by atoms with van der Waals surface area (Å²) in [4.78, 5) is 141. The summed E-state index contributed by atoms with van der Waals surface area (Å²) in [6.45, 7) is 6.53. The van der Waals surface area contributed by atoms with Gasteiger partial charge in [-0.2, -0.15) is 11.8 Å². The maximum atomic E-state index is 13.6. The van der Waals surface area contributed by atoms with Crippen LogP contribution in [0.5, 0.6) is 0 Å². The van der Waals surface area contributed by atoms with E-state index in [1.165, 1.54) is 18.7 Å². The quantitative estimate of drug-likeness (QED) is 0.0261. The number of aliphatic hydroxyl groups excluding tert-OH is 1. The maximum absolute atomic E-state index is 13.6. The normalized spacial score (nSPS) is 14.5. The number of carboxylic acids is 2. The maximum Gasteiger partial charge on any atom is 0.326 e. The van der Waals surface area contributed by atoms with Crippen molar-refractivity contribution in [2.24, 2.45) is 29.0 Å². The summed E-state index contributed by atoms with van der Waals surface area (Å²) in [5, 5.41) is 50.6. The molecule has 0 aliphatic heterocycles. The summed E-state index contributed by atoms with van der Waals surface area (Å²) < 4.78 is 0. The Kier molecular flexibility index (Phi) is 32.6. The Bertz CT molecular complexity index is 1740. The molecule has 0 heterocycles. The van der Waals surface area contributed by atoms with Gasteiger partial charge in [0.25, 0.3) is 0 Å². The molecule has 0 bridgehead atoms. The van der Waals surface area contributed by atoms with Crippen molar-refractivity contribution >= 4 is 76.9 Å². The molecule has 0 aromatic heterocycles. The monoisotopic (exact) mass is 1020 g/mol. The Morgan fingerprint density at radius 2 is 1.00 bits per heavy atom. The van der Waals surface area contributed by atoms with E-state index < -0.39 is 152 Å². The lowest BCUT2D eigenvalue weighted by molar-refractivity contribution is -0.143. The van der Waals surface area contributed by atoms with Crippen molar-refractivity contribution in [1.29, 1.82) is 0 Å². The molecule has 27 heteroatoms. The van der Waals surface area contributed by atoms with Gasteiger partial charge in [-0.15, -0.1) is 0 Å². The smallest absolute Gasteiger partial charge is 0.326 e. The molecule has 18 N–H and O–H groups in total. The first-order chi connectivity index (χ1) is 32.9. The lowest BCUT2D eigenvalue weighted by atomic mass is 10.0. The standard InChI is InChI=1S/C43H78N12O14S/c1-23(2)19-30(50-32(57)20-47-37(62)26(46)11-7-9-16-44)41(66)54-31(22-56)42(67)53-29(15-18-70-6)39(64)49-25(5)36(61)51-27(12-8-10-17-45)40(65)52-28(13-14-34(59)60)38(63)48-21-33(58)55-35(24(3)4)43(68)69/h23-31,35,56H,7-22,44-46H2,1-6H3,(H,47,62)(H,48,63)(H,49,64)(H,50,57)(H,51,61)(H,52,65)(H,53,67)(H,54,66)(H,55,58)(H,59,60)(H,68,69)/t25-,26-,27-,28-,29-,30-,31-,35-/m0/s1. The summed E-state index contributed by atoms with van der Waals surface area (Å²) in [5.74, 6) is -10.5. The Morgan fingerprint density at radius 3 is 1.51 bits per heavy atom. The molecule has 0 aromatic rings. The first-order valence-corrected chi connectivity index (χ1v) is 24.7. The summed E-state index contributed by atoms with van der Waals surface area (Å²) in [7, 11) is 0. The molecule has 0 saturated carbocycles. The summed E-state index contributed by atoms with van der Waals surface area (Å²) in [6, 6.07) is -10.4. The van der Waals surface area contributed by atoms with Gasteiger partial charge in [-0.05, 0) is 95.2 Å². The van der Waals surface area contributed by atoms with E-state index in [1.807, 2.05) is 0 Å². The summed E-state index contributed by atoms with van der Waals surface area (Å²) in [5.41, 5.74) is 17.0. The minimum Gasteiger partial charge on any atom is -0.481 e. The number of aliphatic carboxylic acids is 2. The Morgan fingerprint density at radius 1 is 0.529 bits per heavy atom. The van der Waals surface area contributed by atoms with Crippen LogP contribution in [0.25, 0.3) is 0 Å². The number of nitrogens with two attached hydrogens (primary N) is 3. The number of carboxylic acid groups (broad SMARTS) is 2. The van der Waals surface area contributed by atoms with Crippen LogP contribution < -0.4 is 65.1 Å². The van der Waals surface area contributed by atoms with Crippen molar-refractivity contribution < 1.29 is 68.1 Å². The molecule has 70 heavy (non-hydrogen) atoms. The zero-order valence-electron chi connectivity index (χ0n) is 41.1. The molecule has 400 valence electrons. The number of carbonyl (C=O) groups is 11. The average Bonchev–Trinajstić information content (AvgIpc) is 3.29. The highest BCUT2D eigenvalue weighted by molar-refractivity contribution is 7.98. The van der Waals surface area contributed by atoms with E-state index in [2.05, 4.69) is 47.9 Å². The lowest BCUT2D eigenvalue weighted by Gasteiger charge is -2.26. The van der Waals surface area contributed by atoms with Crippen molar-refractivity contribution in [2.75, 3.05) is 44.8 Å². The number of hydrogen-bond donors (Lipinski definition) is 15. The molecule has 0 aromatic carbocycles. The number of hydrogen-bond acceptors (Lipinski definition) is 16. The third-order valence-corrected chi connectivity index (χ3v) is 11.1.